The maximum Gasteiger partial charge on any atom is 0.394 e. The number of nitrogen functional groups attached to an aromatic ring is 1. The summed E-state index contributed by atoms with van der Waals surface area (Å²) < 4.78 is 31.6. The van der Waals surface area contributed by atoms with Crippen molar-refractivity contribution in [2.75, 3.05) is 5.73 Å². The van der Waals surface area contributed by atoms with Crippen molar-refractivity contribution in [1.82, 2.24) is 6.15 Å². The normalized spacial score (nSPS) is 9.36. The molecule has 0 saturated carbocycles. The topological polar surface area (TPSA) is 136 Å². The molecule has 1 aromatic carbocycles. The van der Waals surface area contributed by atoms with E-state index in [4.69, 9.17) is 23.3 Å². The zero-order valence-electron chi connectivity index (χ0n) is 7.71. The predicted molar refractivity (Wildman–Crippen MR) is 54.8 cm³/mol. The molecule has 7 heteroatoms. The first kappa shape index (κ1) is 15.3. The lowest BCUT2D eigenvalue weighted by molar-refractivity contribution is 0.381. The quantitative estimate of drug-likeness (QED) is 0.383. The van der Waals surface area contributed by atoms with Crippen LogP contribution in [0.5, 0.6) is 0 Å². The second kappa shape index (κ2) is 6.33. The summed E-state index contributed by atoms with van der Waals surface area (Å²) in [6.45, 7) is 2.02. The van der Waals surface area contributed by atoms with E-state index in [2.05, 4.69) is 0 Å². The number of rotatable bonds is 0. The first-order valence-corrected chi connectivity index (χ1v) is 4.71. The molecular weight excluding hydrogens is 208 g/mol. The van der Waals surface area contributed by atoms with E-state index in [1.54, 1.807) is 0 Å². The van der Waals surface area contributed by atoms with Crippen LogP contribution in [0.15, 0.2) is 24.3 Å². The molecule has 0 fully saturated rings. The van der Waals surface area contributed by atoms with Crippen LogP contribution >= 0.6 is 0 Å². The van der Waals surface area contributed by atoms with Gasteiger partial charge < -0.3 is 11.9 Å². The first-order chi connectivity index (χ1) is 5.79. The molecule has 0 aromatic heterocycles. The van der Waals surface area contributed by atoms with Crippen LogP contribution in [-0.4, -0.2) is 17.5 Å². The van der Waals surface area contributed by atoms with E-state index in [0.717, 1.165) is 5.69 Å². The lowest BCUT2D eigenvalue weighted by Crippen LogP contribution is -1.89. The van der Waals surface area contributed by atoms with Crippen molar-refractivity contribution in [3.05, 3.63) is 29.8 Å². The summed E-state index contributed by atoms with van der Waals surface area (Å²) in [5.74, 6) is 0. The van der Waals surface area contributed by atoms with Gasteiger partial charge >= 0.3 is 10.4 Å². The number of hydrogen-bond acceptors (Lipinski definition) is 4. The van der Waals surface area contributed by atoms with Crippen molar-refractivity contribution in [3.8, 4) is 0 Å². The smallest absolute Gasteiger partial charge is 0.394 e. The van der Waals surface area contributed by atoms with Crippen LogP contribution in [0.1, 0.15) is 5.56 Å². The number of benzene rings is 1. The molecule has 7 N–H and O–H groups in total. The molecule has 0 spiro atoms. The fourth-order valence-electron chi connectivity index (χ4n) is 0.670. The Balaban J connectivity index is 0. The Bertz CT molecular complexity index is 338. The second-order valence-electron chi connectivity index (χ2n) is 2.36. The number of anilines is 1. The summed E-state index contributed by atoms with van der Waals surface area (Å²) in [5, 5.41) is 0. The SMILES string of the molecule is Cc1cccc(N)c1.N.O=S(=O)(O)O. The van der Waals surface area contributed by atoms with Crippen molar-refractivity contribution in [2.45, 2.75) is 6.92 Å². The molecule has 82 valence electrons. The maximum atomic E-state index is 8.74. The lowest BCUT2D eigenvalue weighted by Gasteiger charge is -1.91. The minimum atomic E-state index is -4.67. The average Bonchev–Trinajstić information content (AvgIpc) is 1.81. The molecule has 6 nitrogen and oxygen atoms in total. The molecule has 0 heterocycles. The van der Waals surface area contributed by atoms with Gasteiger partial charge in [0.05, 0.1) is 0 Å². The highest BCUT2D eigenvalue weighted by atomic mass is 32.3. The molecule has 0 aliphatic rings. The third-order valence-electron chi connectivity index (χ3n) is 1.04. The molecular formula is C7H14N2O4S. The Hall–Kier alpha value is -1.15. The van der Waals surface area contributed by atoms with Gasteiger partial charge in [-0.3, -0.25) is 9.11 Å². The summed E-state index contributed by atoms with van der Waals surface area (Å²) in [6.07, 6.45) is 0. The fraction of sp³-hybridized carbons (Fsp3) is 0.143. The van der Waals surface area contributed by atoms with Gasteiger partial charge in [0.1, 0.15) is 0 Å². The van der Waals surface area contributed by atoms with E-state index >= 15 is 0 Å². The van der Waals surface area contributed by atoms with Crippen LogP contribution in [0.4, 0.5) is 5.69 Å². The van der Waals surface area contributed by atoms with Gasteiger partial charge in [-0.1, -0.05) is 12.1 Å². The second-order valence-corrected chi connectivity index (χ2v) is 3.26. The van der Waals surface area contributed by atoms with Gasteiger partial charge in [0, 0.05) is 5.69 Å². The third kappa shape index (κ3) is 13.4. The molecule has 0 unspecified atom stereocenters. The lowest BCUT2D eigenvalue weighted by atomic mass is 10.2. The fourth-order valence-corrected chi connectivity index (χ4v) is 0.670. The number of aryl methyl sites for hydroxylation is 1. The summed E-state index contributed by atoms with van der Waals surface area (Å²) in [4.78, 5) is 0. The van der Waals surface area contributed by atoms with Gasteiger partial charge in [-0.25, -0.2) is 0 Å². The van der Waals surface area contributed by atoms with Gasteiger partial charge in [-0.15, -0.1) is 0 Å². The van der Waals surface area contributed by atoms with E-state index in [1.807, 2.05) is 31.2 Å². The molecule has 14 heavy (non-hydrogen) atoms. The molecule has 1 rings (SSSR count). The highest BCUT2D eigenvalue weighted by Gasteiger charge is 1.84. The van der Waals surface area contributed by atoms with E-state index in [9.17, 15) is 0 Å². The highest BCUT2D eigenvalue weighted by molar-refractivity contribution is 7.79. The van der Waals surface area contributed by atoms with Crippen LogP contribution in [0.3, 0.4) is 0 Å². The van der Waals surface area contributed by atoms with Crippen LogP contribution in [-0.2, 0) is 10.4 Å². The zero-order valence-corrected chi connectivity index (χ0v) is 8.53. The van der Waals surface area contributed by atoms with Gasteiger partial charge in [-0.2, -0.15) is 8.42 Å². The molecule has 0 bridgehead atoms. The Kier molecular flexibility index (Phi) is 6.93. The van der Waals surface area contributed by atoms with Crippen LogP contribution < -0.4 is 11.9 Å². The molecule has 1 aromatic rings. The minimum absolute atomic E-state index is 0. The van der Waals surface area contributed by atoms with E-state index in [1.165, 1.54) is 5.56 Å². The van der Waals surface area contributed by atoms with E-state index in [-0.39, 0.29) is 6.15 Å². The van der Waals surface area contributed by atoms with Gasteiger partial charge in [0.25, 0.3) is 0 Å². The number of nitrogens with two attached hydrogens (primary N) is 1. The Morgan fingerprint density at radius 3 is 1.93 bits per heavy atom. The van der Waals surface area contributed by atoms with Gasteiger partial charge in [0.2, 0.25) is 0 Å². The third-order valence-corrected chi connectivity index (χ3v) is 1.04. The summed E-state index contributed by atoms with van der Waals surface area (Å²) in [7, 11) is -4.67. The maximum absolute atomic E-state index is 8.74. The Labute approximate surface area is 82.9 Å². The molecule has 0 amide bonds. The molecule has 0 aliphatic carbocycles. The Morgan fingerprint density at radius 2 is 1.71 bits per heavy atom. The predicted octanol–water partition coefficient (Wildman–Crippen LogP) is 1.09. The van der Waals surface area contributed by atoms with E-state index < -0.39 is 10.4 Å². The molecule has 0 saturated heterocycles. The molecule has 0 radical (unpaired) electrons. The first-order valence-electron chi connectivity index (χ1n) is 3.31. The number of hydrogen-bond donors (Lipinski definition) is 4. The molecule has 0 aliphatic heterocycles. The van der Waals surface area contributed by atoms with Crippen LogP contribution in [0.2, 0.25) is 0 Å². The summed E-state index contributed by atoms with van der Waals surface area (Å²) in [5.41, 5.74) is 7.51. The van der Waals surface area contributed by atoms with Crippen molar-refractivity contribution < 1.29 is 17.5 Å². The highest BCUT2D eigenvalue weighted by Crippen LogP contribution is 2.03. The summed E-state index contributed by atoms with van der Waals surface area (Å²) in [6, 6.07) is 7.80. The van der Waals surface area contributed by atoms with Gasteiger partial charge in [0.15, 0.2) is 0 Å². The molecule has 0 atom stereocenters. The van der Waals surface area contributed by atoms with Crippen LogP contribution in [0, 0.1) is 6.92 Å². The minimum Gasteiger partial charge on any atom is -0.399 e. The average molecular weight is 222 g/mol. The Morgan fingerprint density at radius 1 is 1.29 bits per heavy atom. The van der Waals surface area contributed by atoms with Gasteiger partial charge in [-0.05, 0) is 24.6 Å². The van der Waals surface area contributed by atoms with Crippen molar-refractivity contribution >= 4 is 16.1 Å². The monoisotopic (exact) mass is 222 g/mol. The largest absolute Gasteiger partial charge is 0.399 e. The standard InChI is InChI=1S/C7H9N.H3N.H2O4S/c1-6-3-2-4-7(8)5-6;;1-5(2,3)4/h2-5H,8H2,1H3;1H3;(H2,1,2,3,4). The van der Waals surface area contributed by atoms with Crippen molar-refractivity contribution in [1.29, 1.82) is 0 Å². The van der Waals surface area contributed by atoms with E-state index in [0.29, 0.717) is 0 Å². The summed E-state index contributed by atoms with van der Waals surface area (Å²) >= 11 is 0. The van der Waals surface area contributed by atoms with Crippen LogP contribution in [0.25, 0.3) is 0 Å². The zero-order chi connectivity index (χ0) is 10.5. The van der Waals surface area contributed by atoms with Crippen molar-refractivity contribution in [2.24, 2.45) is 0 Å². The van der Waals surface area contributed by atoms with Crippen molar-refractivity contribution in [3.63, 3.8) is 0 Å².